The van der Waals surface area contributed by atoms with Gasteiger partial charge in [0.25, 0.3) is 0 Å². The molecule has 0 bridgehead atoms. The Morgan fingerprint density at radius 2 is 2.22 bits per heavy atom. The second kappa shape index (κ2) is 3.08. The molecule has 0 aromatic heterocycles. The van der Waals surface area contributed by atoms with Gasteiger partial charge in [-0.3, -0.25) is 0 Å². The minimum Gasteiger partial charge on any atom is -0.322 e. The summed E-state index contributed by atoms with van der Waals surface area (Å²) >= 11 is 8.75. The molecule has 1 aromatic carbocycles. The predicted molar refractivity (Wildman–Crippen MR) is 44.0 cm³/mol. The molecule has 0 unspecified atom stereocenters. The molecule has 0 heterocycles. The van der Waals surface area contributed by atoms with Crippen LogP contribution in [0, 0.1) is 0 Å². The topological polar surface area (TPSA) is 12.0 Å². The van der Waals surface area contributed by atoms with Crippen LogP contribution < -0.4 is 4.34 Å². The summed E-state index contributed by atoms with van der Waals surface area (Å²) in [5, 5.41) is 0.736. The fourth-order valence-corrected chi connectivity index (χ4v) is 0.984. The average molecular weight is 206 g/mol. The van der Waals surface area contributed by atoms with E-state index in [9.17, 15) is 0 Å². The van der Waals surface area contributed by atoms with Gasteiger partial charge in [-0.2, -0.15) is 0 Å². The van der Waals surface area contributed by atoms with Crippen molar-refractivity contribution in [1.29, 1.82) is 0 Å². The smallest absolute Gasteiger partial charge is 0.0465 e. The third-order valence-corrected chi connectivity index (χ3v) is 1.63. The summed E-state index contributed by atoms with van der Waals surface area (Å²) in [6.07, 6.45) is 0. The van der Waals surface area contributed by atoms with Gasteiger partial charge in [-0.1, -0.05) is 17.7 Å². The highest BCUT2D eigenvalue weighted by Gasteiger charge is 1.87. The van der Waals surface area contributed by atoms with Gasteiger partial charge in [-0.15, -0.1) is 0 Å². The fourth-order valence-electron chi connectivity index (χ4n) is 0.547. The number of nitrogens with one attached hydrogen (secondary N) is 1. The SMILES string of the molecule is Clc1cccc(NBr)c1. The highest BCUT2D eigenvalue weighted by molar-refractivity contribution is 9.10. The third-order valence-electron chi connectivity index (χ3n) is 0.934. The molecule has 0 aliphatic rings. The second-order valence-corrected chi connectivity index (χ2v) is 2.44. The van der Waals surface area contributed by atoms with Crippen LogP contribution in [-0.2, 0) is 0 Å². The van der Waals surface area contributed by atoms with Crippen LogP contribution in [0.25, 0.3) is 0 Å². The molecule has 1 nitrogen and oxygen atoms in total. The van der Waals surface area contributed by atoms with Crippen molar-refractivity contribution in [2.75, 3.05) is 4.34 Å². The lowest BCUT2D eigenvalue weighted by atomic mass is 10.3. The van der Waals surface area contributed by atoms with Crippen molar-refractivity contribution in [3.8, 4) is 0 Å². The maximum absolute atomic E-state index is 5.66. The Balaban J connectivity index is 2.94. The van der Waals surface area contributed by atoms with Crippen LogP contribution in [0.5, 0.6) is 0 Å². The number of rotatable bonds is 1. The Bertz CT molecular complexity index is 202. The summed E-state index contributed by atoms with van der Waals surface area (Å²) < 4.78 is 2.80. The molecule has 0 amide bonds. The molecule has 0 aliphatic heterocycles. The molecule has 48 valence electrons. The second-order valence-electron chi connectivity index (χ2n) is 1.60. The average Bonchev–Trinajstić information content (AvgIpc) is 1.88. The zero-order chi connectivity index (χ0) is 6.69. The molecule has 0 spiro atoms. The van der Waals surface area contributed by atoms with Gasteiger partial charge in [0.2, 0.25) is 0 Å². The highest BCUT2D eigenvalue weighted by Crippen LogP contribution is 2.15. The van der Waals surface area contributed by atoms with Gasteiger partial charge in [0.15, 0.2) is 0 Å². The maximum Gasteiger partial charge on any atom is 0.0465 e. The Labute approximate surface area is 67.4 Å². The van der Waals surface area contributed by atoms with Crippen LogP contribution >= 0.6 is 27.7 Å². The summed E-state index contributed by atoms with van der Waals surface area (Å²) in [5.74, 6) is 0. The number of benzene rings is 1. The molecular formula is C6H5BrClN. The van der Waals surface area contributed by atoms with Crippen molar-refractivity contribution in [2.45, 2.75) is 0 Å². The normalized spacial score (nSPS) is 9.11. The van der Waals surface area contributed by atoms with Crippen LogP contribution in [0.1, 0.15) is 0 Å². The van der Waals surface area contributed by atoms with Gasteiger partial charge >= 0.3 is 0 Å². The van der Waals surface area contributed by atoms with Crippen LogP contribution in [0.2, 0.25) is 5.02 Å². The van der Waals surface area contributed by atoms with E-state index in [1.165, 1.54) is 0 Å². The van der Waals surface area contributed by atoms with E-state index in [4.69, 9.17) is 11.6 Å². The zero-order valence-electron chi connectivity index (χ0n) is 4.57. The van der Waals surface area contributed by atoms with Gasteiger partial charge in [0.05, 0.1) is 0 Å². The Morgan fingerprint density at radius 3 is 2.67 bits per heavy atom. The van der Waals surface area contributed by atoms with Crippen LogP contribution in [0.15, 0.2) is 24.3 Å². The highest BCUT2D eigenvalue weighted by atomic mass is 79.9. The molecule has 0 fully saturated rings. The van der Waals surface area contributed by atoms with E-state index in [1.807, 2.05) is 24.3 Å². The van der Waals surface area contributed by atoms with E-state index in [1.54, 1.807) is 0 Å². The van der Waals surface area contributed by atoms with Crippen molar-refractivity contribution in [1.82, 2.24) is 0 Å². The van der Waals surface area contributed by atoms with E-state index in [0.717, 1.165) is 10.7 Å². The van der Waals surface area contributed by atoms with Crippen LogP contribution in [0.3, 0.4) is 0 Å². The van der Waals surface area contributed by atoms with Crippen LogP contribution in [0.4, 0.5) is 5.69 Å². The molecule has 1 aromatic rings. The van der Waals surface area contributed by atoms with E-state index in [-0.39, 0.29) is 0 Å². The zero-order valence-corrected chi connectivity index (χ0v) is 6.91. The number of anilines is 1. The first-order valence-electron chi connectivity index (χ1n) is 2.45. The lowest BCUT2D eigenvalue weighted by Gasteiger charge is -1.95. The Hall–Kier alpha value is -0.210. The first kappa shape index (κ1) is 6.90. The molecule has 3 heteroatoms. The van der Waals surface area contributed by atoms with E-state index < -0.39 is 0 Å². The summed E-state index contributed by atoms with van der Waals surface area (Å²) in [7, 11) is 0. The van der Waals surface area contributed by atoms with E-state index in [2.05, 4.69) is 20.5 Å². The quantitative estimate of drug-likeness (QED) is 0.697. The van der Waals surface area contributed by atoms with Crippen molar-refractivity contribution in [3.05, 3.63) is 29.3 Å². The molecule has 0 radical (unpaired) electrons. The first-order valence-corrected chi connectivity index (χ1v) is 3.62. The largest absolute Gasteiger partial charge is 0.322 e. The molecule has 9 heavy (non-hydrogen) atoms. The standard InChI is InChI=1S/C6H5BrClN/c7-9-6-3-1-2-5(8)4-6/h1-4,9H. The number of hydrogen-bond acceptors (Lipinski definition) is 1. The minimum absolute atomic E-state index is 0.736. The van der Waals surface area contributed by atoms with Crippen molar-refractivity contribution >= 4 is 33.4 Å². The van der Waals surface area contributed by atoms with Crippen molar-refractivity contribution in [3.63, 3.8) is 0 Å². The molecule has 0 saturated heterocycles. The molecule has 1 rings (SSSR count). The predicted octanol–water partition coefficient (Wildman–Crippen LogP) is 3.06. The van der Waals surface area contributed by atoms with E-state index in [0.29, 0.717) is 0 Å². The summed E-state index contributed by atoms with van der Waals surface area (Å²) in [5.41, 5.74) is 0.961. The molecule has 0 atom stereocenters. The van der Waals surface area contributed by atoms with Crippen molar-refractivity contribution in [2.24, 2.45) is 0 Å². The lowest BCUT2D eigenvalue weighted by molar-refractivity contribution is 1.69. The van der Waals surface area contributed by atoms with Crippen LogP contribution in [-0.4, -0.2) is 0 Å². The third kappa shape index (κ3) is 1.88. The molecule has 0 saturated carbocycles. The number of hydrogen-bond donors (Lipinski definition) is 1. The molecule has 1 N–H and O–H groups in total. The van der Waals surface area contributed by atoms with E-state index >= 15 is 0 Å². The summed E-state index contributed by atoms with van der Waals surface area (Å²) in [4.78, 5) is 0. The lowest BCUT2D eigenvalue weighted by Crippen LogP contribution is -1.76. The van der Waals surface area contributed by atoms with Crippen molar-refractivity contribution < 1.29 is 0 Å². The van der Waals surface area contributed by atoms with Gasteiger partial charge in [0.1, 0.15) is 0 Å². The maximum atomic E-state index is 5.66. The molecule has 0 aliphatic carbocycles. The Morgan fingerprint density at radius 1 is 1.44 bits per heavy atom. The van der Waals surface area contributed by atoms with Gasteiger partial charge < -0.3 is 4.34 Å². The summed E-state index contributed by atoms with van der Waals surface area (Å²) in [6, 6.07) is 7.46. The fraction of sp³-hybridized carbons (Fsp3) is 0. The first-order chi connectivity index (χ1) is 4.33. The van der Waals surface area contributed by atoms with Gasteiger partial charge in [0, 0.05) is 26.9 Å². The van der Waals surface area contributed by atoms with Gasteiger partial charge in [-0.25, -0.2) is 0 Å². The Kier molecular flexibility index (Phi) is 2.37. The summed E-state index contributed by atoms with van der Waals surface area (Å²) in [6.45, 7) is 0. The minimum atomic E-state index is 0.736. The van der Waals surface area contributed by atoms with Gasteiger partial charge in [-0.05, 0) is 18.2 Å². The monoisotopic (exact) mass is 205 g/mol. The molecular weight excluding hydrogens is 201 g/mol. The number of halogens is 2.